The molecule has 0 saturated carbocycles. The smallest absolute Gasteiger partial charge is 0.337 e. The van der Waals surface area contributed by atoms with E-state index in [1.54, 1.807) is 0 Å². The lowest BCUT2D eigenvalue weighted by atomic mass is 9.97. The van der Waals surface area contributed by atoms with E-state index in [0.717, 1.165) is 25.9 Å². The zero-order valence-corrected chi connectivity index (χ0v) is 12.2. The summed E-state index contributed by atoms with van der Waals surface area (Å²) in [7, 11) is 1.40. The zero-order valence-electron chi connectivity index (χ0n) is 12.2. The Bertz CT molecular complexity index is 647. The molecule has 21 heavy (non-hydrogen) atoms. The number of methoxy groups -OCH3 is 1. The number of nitrogens with one attached hydrogen (secondary N) is 1. The highest BCUT2D eigenvalue weighted by atomic mass is 16.5. The molecule has 1 aliphatic heterocycles. The van der Waals surface area contributed by atoms with E-state index >= 15 is 0 Å². The molecule has 3 rings (SSSR count). The van der Waals surface area contributed by atoms with Gasteiger partial charge in [0, 0.05) is 13.1 Å². The third-order valence-corrected chi connectivity index (χ3v) is 4.05. The lowest BCUT2D eigenvalue weighted by Crippen LogP contribution is -2.02. The SMILES string of the molecule is COC(=O)c1ccc(CCc2cccc3c2CNC3)cc1. The van der Waals surface area contributed by atoms with Crippen LogP contribution in [0.1, 0.15) is 32.6 Å². The molecule has 2 aromatic rings. The van der Waals surface area contributed by atoms with Crippen molar-refractivity contribution in [1.29, 1.82) is 0 Å². The van der Waals surface area contributed by atoms with Crippen LogP contribution in [0.15, 0.2) is 42.5 Å². The highest BCUT2D eigenvalue weighted by Crippen LogP contribution is 2.21. The summed E-state index contributed by atoms with van der Waals surface area (Å²) >= 11 is 0. The number of benzene rings is 2. The number of hydrogen-bond acceptors (Lipinski definition) is 3. The predicted octanol–water partition coefficient (Wildman–Crippen LogP) is 2.86. The standard InChI is InChI=1S/C18H19NO2/c1-21-18(20)15-9-6-13(7-10-15)5-8-14-3-2-4-16-11-19-12-17(14)16/h2-4,6-7,9-10,19H,5,8,11-12H2,1H3. The highest BCUT2D eigenvalue weighted by Gasteiger charge is 2.13. The van der Waals surface area contributed by atoms with E-state index in [1.807, 2.05) is 24.3 Å². The fourth-order valence-electron chi connectivity index (χ4n) is 2.84. The van der Waals surface area contributed by atoms with Gasteiger partial charge < -0.3 is 10.1 Å². The second-order valence-corrected chi connectivity index (χ2v) is 5.35. The van der Waals surface area contributed by atoms with Gasteiger partial charge in [-0.15, -0.1) is 0 Å². The average molecular weight is 281 g/mol. The fraction of sp³-hybridized carbons (Fsp3) is 0.278. The Balaban J connectivity index is 1.68. The summed E-state index contributed by atoms with van der Waals surface area (Å²) in [6.07, 6.45) is 2.01. The van der Waals surface area contributed by atoms with Crippen LogP contribution in [-0.4, -0.2) is 13.1 Å². The molecule has 3 heteroatoms. The molecule has 1 heterocycles. The normalized spacial score (nSPS) is 13.0. The second-order valence-electron chi connectivity index (χ2n) is 5.35. The van der Waals surface area contributed by atoms with Crippen LogP contribution >= 0.6 is 0 Å². The van der Waals surface area contributed by atoms with Crippen molar-refractivity contribution in [2.75, 3.05) is 7.11 Å². The maximum absolute atomic E-state index is 11.4. The van der Waals surface area contributed by atoms with E-state index in [9.17, 15) is 4.79 Å². The minimum absolute atomic E-state index is 0.284. The van der Waals surface area contributed by atoms with Crippen LogP contribution in [0.3, 0.4) is 0 Å². The van der Waals surface area contributed by atoms with Crippen molar-refractivity contribution in [2.24, 2.45) is 0 Å². The van der Waals surface area contributed by atoms with Gasteiger partial charge in [0.1, 0.15) is 0 Å². The molecule has 108 valence electrons. The zero-order chi connectivity index (χ0) is 14.7. The topological polar surface area (TPSA) is 38.3 Å². The quantitative estimate of drug-likeness (QED) is 0.876. The van der Waals surface area contributed by atoms with E-state index in [4.69, 9.17) is 4.74 Å². The molecular formula is C18H19NO2. The molecule has 0 aromatic heterocycles. The predicted molar refractivity (Wildman–Crippen MR) is 82.2 cm³/mol. The van der Waals surface area contributed by atoms with Crippen LogP contribution in [0.25, 0.3) is 0 Å². The number of carbonyl (C=O) groups excluding carboxylic acids is 1. The van der Waals surface area contributed by atoms with Crippen LogP contribution in [-0.2, 0) is 30.7 Å². The number of ether oxygens (including phenoxy) is 1. The first-order chi connectivity index (χ1) is 10.3. The molecule has 1 N–H and O–H groups in total. The first kappa shape index (κ1) is 13.8. The Morgan fingerprint density at radius 3 is 2.67 bits per heavy atom. The number of esters is 1. The molecule has 0 fully saturated rings. The molecule has 1 aliphatic rings. The monoisotopic (exact) mass is 281 g/mol. The molecular weight excluding hydrogens is 262 g/mol. The van der Waals surface area contributed by atoms with Crippen LogP contribution in [0, 0.1) is 0 Å². The number of carbonyl (C=O) groups is 1. The van der Waals surface area contributed by atoms with Crippen LogP contribution in [0.5, 0.6) is 0 Å². The maximum atomic E-state index is 11.4. The van der Waals surface area contributed by atoms with Gasteiger partial charge >= 0.3 is 5.97 Å². The summed E-state index contributed by atoms with van der Waals surface area (Å²) in [5, 5.41) is 3.40. The summed E-state index contributed by atoms with van der Waals surface area (Å²) in [4.78, 5) is 11.4. The van der Waals surface area contributed by atoms with Gasteiger partial charge in [0.15, 0.2) is 0 Å². The van der Waals surface area contributed by atoms with Crippen molar-refractivity contribution in [3.05, 3.63) is 70.3 Å². The van der Waals surface area contributed by atoms with E-state index in [1.165, 1.54) is 29.4 Å². The molecule has 0 amide bonds. The van der Waals surface area contributed by atoms with E-state index < -0.39 is 0 Å². The molecule has 0 aliphatic carbocycles. The van der Waals surface area contributed by atoms with Gasteiger partial charge in [-0.3, -0.25) is 0 Å². The van der Waals surface area contributed by atoms with Crippen molar-refractivity contribution in [2.45, 2.75) is 25.9 Å². The average Bonchev–Trinajstić information content (AvgIpc) is 3.02. The van der Waals surface area contributed by atoms with Gasteiger partial charge in [0.25, 0.3) is 0 Å². The molecule has 0 atom stereocenters. The third kappa shape index (κ3) is 2.98. The summed E-state index contributed by atoms with van der Waals surface area (Å²) in [5.41, 5.74) is 6.16. The van der Waals surface area contributed by atoms with Gasteiger partial charge in [0.05, 0.1) is 12.7 Å². The number of hydrogen-bond donors (Lipinski definition) is 1. The van der Waals surface area contributed by atoms with Gasteiger partial charge in [0.2, 0.25) is 0 Å². The summed E-state index contributed by atoms with van der Waals surface area (Å²) in [5.74, 6) is -0.284. The molecule has 0 saturated heterocycles. The minimum atomic E-state index is -0.284. The molecule has 2 aromatic carbocycles. The van der Waals surface area contributed by atoms with Crippen LogP contribution in [0.4, 0.5) is 0 Å². The Labute approximate surface area is 124 Å². The van der Waals surface area contributed by atoms with E-state index in [-0.39, 0.29) is 5.97 Å². The molecule has 0 spiro atoms. The molecule has 0 bridgehead atoms. The first-order valence-electron chi connectivity index (χ1n) is 7.25. The van der Waals surface area contributed by atoms with E-state index in [2.05, 4.69) is 23.5 Å². The lowest BCUT2D eigenvalue weighted by Gasteiger charge is -2.08. The molecule has 0 unspecified atom stereocenters. The summed E-state index contributed by atoms with van der Waals surface area (Å²) < 4.78 is 4.71. The molecule has 3 nitrogen and oxygen atoms in total. The maximum Gasteiger partial charge on any atom is 0.337 e. The second kappa shape index (κ2) is 6.10. The van der Waals surface area contributed by atoms with Gasteiger partial charge in [-0.25, -0.2) is 4.79 Å². The largest absolute Gasteiger partial charge is 0.465 e. The van der Waals surface area contributed by atoms with Crippen molar-refractivity contribution in [3.8, 4) is 0 Å². The number of aryl methyl sites for hydroxylation is 2. The third-order valence-electron chi connectivity index (χ3n) is 4.05. The fourth-order valence-corrected chi connectivity index (χ4v) is 2.84. The summed E-state index contributed by atoms with van der Waals surface area (Å²) in [6, 6.07) is 14.2. The lowest BCUT2D eigenvalue weighted by molar-refractivity contribution is 0.0600. The van der Waals surface area contributed by atoms with Crippen molar-refractivity contribution in [3.63, 3.8) is 0 Å². The van der Waals surface area contributed by atoms with E-state index in [0.29, 0.717) is 5.56 Å². The van der Waals surface area contributed by atoms with Gasteiger partial charge in [-0.2, -0.15) is 0 Å². The number of rotatable bonds is 4. The van der Waals surface area contributed by atoms with Gasteiger partial charge in [-0.05, 0) is 47.2 Å². The minimum Gasteiger partial charge on any atom is -0.465 e. The Morgan fingerprint density at radius 1 is 1.10 bits per heavy atom. The van der Waals surface area contributed by atoms with Crippen LogP contribution < -0.4 is 5.32 Å². The Kier molecular flexibility index (Phi) is 4.02. The molecule has 0 radical (unpaired) electrons. The van der Waals surface area contributed by atoms with Crippen molar-refractivity contribution in [1.82, 2.24) is 5.32 Å². The van der Waals surface area contributed by atoms with Crippen molar-refractivity contribution >= 4 is 5.97 Å². The van der Waals surface area contributed by atoms with Crippen LogP contribution in [0.2, 0.25) is 0 Å². The Hall–Kier alpha value is -2.13. The summed E-state index contributed by atoms with van der Waals surface area (Å²) in [6.45, 7) is 1.96. The first-order valence-corrected chi connectivity index (χ1v) is 7.25. The highest BCUT2D eigenvalue weighted by molar-refractivity contribution is 5.89. The Morgan fingerprint density at radius 2 is 1.90 bits per heavy atom. The van der Waals surface area contributed by atoms with Gasteiger partial charge in [-0.1, -0.05) is 30.3 Å². The number of fused-ring (bicyclic) bond motifs is 1. The van der Waals surface area contributed by atoms with Crippen molar-refractivity contribution < 1.29 is 9.53 Å².